The lowest BCUT2D eigenvalue weighted by Gasteiger charge is -2.37. The van der Waals surface area contributed by atoms with Gasteiger partial charge in [-0.1, -0.05) is 6.07 Å². The lowest BCUT2D eigenvalue weighted by molar-refractivity contribution is -0.143. The van der Waals surface area contributed by atoms with E-state index in [4.69, 9.17) is 0 Å². The number of piperidine rings is 2. The number of fused-ring (bicyclic) bond motifs is 1. The van der Waals surface area contributed by atoms with Gasteiger partial charge in [-0.2, -0.15) is 4.31 Å². The van der Waals surface area contributed by atoms with Gasteiger partial charge in [0.05, 0.1) is 4.90 Å². The number of nitrogens with zero attached hydrogens (tertiary/aromatic N) is 3. The Morgan fingerprint density at radius 2 is 1.52 bits per heavy atom. The van der Waals surface area contributed by atoms with Crippen LogP contribution in [0.5, 0.6) is 0 Å². The van der Waals surface area contributed by atoms with Crippen molar-refractivity contribution in [1.82, 2.24) is 14.1 Å². The summed E-state index contributed by atoms with van der Waals surface area (Å²) in [4.78, 5) is 29.8. The first kappa shape index (κ1) is 24.2. The molecule has 1 aliphatic carbocycles. The smallest absolute Gasteiger partial charge is 0.243 e. The second-order valence-corrected chi connectivity index (χ2v) is 11.5. The van der Waals surface area contributed by atoms with Crippen LogP contribution in [0.1, 0.15) is 57.1 Å². The average Bonchev–Trinajstić information content (AvgIpc) is 3.32. The SMILES string of the molecule is CCN(CC)C(=O)C1CCN(C(=O)C2CCN(S(=O)(=O)c3ccc4c(c3)CCC4)CC2)CC1. The second kappa shape index (κ2) is 10.1. The molecule has 0 spiro atoms. The lowest BCUT2D eigenvalue weighted by atomic mass is 9.92. The predicted octanol–water partition coefficient (Wildman–Crippen LogP) is 2.68. The van der Waals surface area contributed by atoms with Crippen LogP contribution >= 0.6 is 0 Å². The monoisotopic (exact) mass is 475 g/mol. The average molecular weight is 476 g/mol. The number of sulfonamides is 1. The van der Waals surface area contributed by atoms with Crippen LogP contribution < -0.4 is 0 Å². The van der Waals surface area contributed by atoms with Gasteiger partial charge in [0.25, 0.3) is 0 Å². The van der Waals surface area contributed by atoms with E-state index in [0.717, 1.165) is 37.9 Å². The van der Waals surface area contributed by atoms with E-state index in [1.165, 1.54) is 5.56 Å². The summed E-state index contributed by atoms with van der Waals surface area (Å²) in [5.74, 6) is 0.204. The fourth-order valence-electron chi connectivity index (χ4n) is 5.60. The molecule has 8 heteroatoms. The Bertz CT molecular complexity index is 973. The zero-order valence-corrected chi connectivity index (χ0v) is 20.8. The van der Waals surface area contributed by atoms with E-state index in [1.807, 2.05) is 35.8 Å². The minimum absolute atomic E-state index is 0.00765. The van der Waals surface area contributed by atoms with Crippen LogP contribution in [-0.4, -0.2) is 73.6 Å². The first-order valence-corrected chi connectivity index (χ1v) is 14.0. The third-order valence-electron chi connectivity index (χ3n) is 7.74. The molecule has 182 valence electrons. The molecule has 7 nitrogen and oxygen atoms in total. The Kier molecular flexibility index (Phi) is 7.43. The summed E-state index contributed by atoms with van der Waals surface area (Å²) >= 11 is 0. The minimum atomic E-state index is -3.52. The third kappa shape index (κ3) is 4.97. The molecular weight excluding hydrogens is 438 g/mol. The molecule has 0 unspecified atom stereocenters. The molecule has 1 aromatic carbocycles. The number of hydrogen-bond acceptors (Lipinski definition) is 4. The van der Waals surface area contributed by atoms with Gasteiger partial charge >= 0.3 is 0 Å². The summed E-state index contributed by atoms with van der Waals surface area (Å²) in [6.45, 7) is 7.44. The first-order valence-electron chi connectivity index (χ1n) is 12.5. The van der Waals surface area contributed by atoms with Crippen LogP contribution in [0.25, 0.3) is 0 Å². The van der Waals surface area contributed by atoms with E-state index in [1.54, 1.807) is 10.4 Å². The van der Waals surface area contributed by atoms with E-state index in [2.05, 4.69) is 0 Å². The highest BCUT2D eigenvalue weighted by Crippen LogP contribution is 2.30. The zero-order valence-electron chi connectivity index (χ0n) is 20.0. The summed E-state index contributed by atoms with van der Waals surface area (Å²) in [7, 11) is -3.52. The molecule has 33 heavy (non-hydrogen) atoms. The maximum absolute atomic E-state index is 13.2. The van der Waals surface area contributed by atoms with Crippen LogP contribution in [0.4, 0.5) is 0 Å². The summed E-state index contributed by atoms with van der Waals surface area (Å²) in [5.41, 5.74) is 2.42. The number of carbonyl (C=O) groups is 2. The molecule has 3 aliphatic rings. The Labute approximate surface area is 198 Å². The third-order valence-corrected chi connectivity index (χ3v) is 9.64. The number of benzene rings is 1. The quantitative estimate of drug-likeness (QED) is 0.634. The van der Waals surface area contributed by atoms with Crippen LogP contribution in [0, 0.1) is 11.8 Å². The van der Waals surface area contributed by atoms with Crippen molar-refractivity contribution < 1.29 is 18.0 Å². The molecule has 2 heterocycles. The van der Waals surface area contributed by atoms with E-state index >= 15 is 0 Å². The van der Waals surface area contributed by atoms with Crippen molar-refractivity contribution in [2.75, 3.05) is 39.3 Å². The van der Waals surface area contributed by atoms with Gasteiger partial charge < -0.3 is 9.80 Å². The van der Waals surface area contributed by atoms with E-state index in [9.17, 15) is 18.0 Å². The van der Waals surface area contributed by atoms with Crippen molar-refractivity contribution in [2.24, 2.45) is 11.8 Å². The van der Waals surface area contributed by atoms with Crippen molar-refractivity contribution in [3.05, 3.63) is 29.3 Å². The number of rotatable bonds is 6. The van der Waals surface area contributed by atoms with E-state index in [-0.39, 0.29) is 23.7 Å². The molecule has 2 fully saturated rings. The molecule has 4 rings (SSSR count). The number of aryl methyl sites for hydroxylation is 2. The summed E-state index contributed by atoms with van der Waals surface area (Å²) in [6.07, 6.45) is 5.62. The van der Waals surface area contributed by atoms with Crippen molar-refractivity contribution in [3.63, 3.8) is 0 Å². The van der Waals surface area contributed by atoms with Gasteiger partial charge in [-0.05, 0) is 82.1 Å². The van der Waals surface area contributed by atoms with Crippen LogP contribution in [-0.2, 0) is 32.5 Å². The van der Waals surface area contributed by atoms with Gasteiger partial charge in [0.15, 0.2) is 0 Å². The molecule has 0 radical (unpaired) electrons. The number of likely N-dealkylation sites (tertiary alicyclic amines) is 1. The van der Waals surface area contributed by atoms with Gasteiger partial charge in [-0.25, -0.2) is 8.42 Å². The highest BCUT2D eigenvalue weighted by atomic mass is 32.2. The van der Waals surface area contributed by atoms with Crippen molar-refractivity contribution in [1.29, 1.82) is 0 Å². The molecule has 0 N–H and O–H groups in total. The van der Waals surface area contributed by atoms with Crippen LogP contribution in [0.15, 0.2) is 23.1 Å². The highest BCUT2D eigenvalue weighted by molar-refractivity contribution is 7.89. The first-order chi connectivity index (χ1) is 15.8. The Hall–Kier alpha value is -1.93. The van der Waals surface area contributed by atoms with Crippen molar-refractivity contribution >= 4 is 21.8 Å². The molecule has 2 aliphatic heterocycles. The molecule has 0 atom stereocenters. The summed E-state index contributed by atoms with van der Waals surface area (Å²) in [6, 6.07) is 5.54. The molecular formula is C25H37N3O4S. The summed E-state index contributed by atoms with van der Waals surface area (Å²) < 4.78 is 27.9. The highest BCUT2D eigenvalue weighted by Gasteiger charge is 2.36. The zero-order chi connectivity index (χ0) is 23.6. The van der Waals surface area contributed by atoms with E-state index < -0.39 is 10.0 Å². The molecule has 0 saturated carbocycles. The fourth-order valence-corrected chi connectivity index (χ4v) is 7.12. The molecule has 1 aromatic rings. The number of amides is 2. The van der Waals surface area contributed by atoms with Gasteiger partial charge in [0, 0.05) is 51.1 Å². The van der Waals surface area contributed by atoms with Crippen molar-refractivity contribution in [3.8, 4) is 0 Å². The minimum Gasteiger partial charge on any atom is -0.343 e. The number of hydrogen-bond donors (Lipinski definition) is 0. The molecule has 2 saturated heterocycles. The normalized spacial score (nSPS) is 20.6. The summed E-state index contributed by atoms with van der Waals surface area (Å²) in [5, 5.41) is 0. The molecule has 0 aromatic heterocycles. The standard InChI is InChI=1S/C25H37N3O4S/c1-3-26(4-2)24(29)20-10-14-27(15-11-20)25(30)21-12-16-28(17-13-21)33(31,32)23-9-8-19-6-5-7-22(19)18-23/h8-9,18,20-21H,3-7,10-17H2,1-2H3. The molecule has 0 bridgehead atoms. The predicted molar refractivity (Wildman–Crippen MR) is 127 cm³/mol. The fraction of sp³-hybridized carbons (Fsp3) is 0.680. The maximum atomic E-state index is 13.2. The van der Waals surface area contributed by atoms with Crippen LogP contribution in [0.2, 0.25) is 0 Å². The largest absolute Gasteiger partial charge is 0.343 e. The van der Waals surface area contributed by atoms with Gasteiger partial charge in [-0.15, -0.1) is 0 Å². The van der Waals surface area contributed by atoms with Crippen LogP contribution in [0.3, 0.4) is 0 Å². The topological polar surface area (TPSA) is 78.0 Å². The molecule has 2 amide bonds. The van der Waals surface area contributed by atoms with Gasteiger partial charge in [0.2, 0.25) is 21.8 Å². The van der Waals surface area contributed by atoms with Gasteiger partial charge in [-0.3, -0.25) is 9.59 Å². The lowest BCUT2D eigenvalue weighted by Crippen LogP contribution is -2.48. The maximum Gasteiger partial charge on any atom is 0.243 e. The number of carbonyl (C=O) groups excluding carboxylic acids is 2. The Morgan fingerprint density at radius 3 is 2.15 bits per heavy atom. The van der Waals surface area contributed by atoms with Gasteiger partial charge in [0.1, 0.15) is 0 Å². The van der Waals surface area contributed by atoms with E-state index in [0.29, 0.717) is 56.8 Å². The second-order valence-electron chi connectivity index (χ2n) is 9.57. The van der Waals surface area contributed by atoms with Crippen molar-refractivity contribution in [2.45, 2.75) is 63.7 Å². The Morgan fingerprint density at radius 1 is 0.909 bits per heavy atom. The Balaban J connectivity index is 1.30.